The number of likely N-dealkylation sites (tertiary alicyclic amines) is 1. The molecule has 1 aliphatic heterocycles. The van der Waals surface area contributed by atoms with Gasteiger partial charge in [0.25, 0.3) is 0 Å². The molecule has 1 aromatic heterocycles. The SMILES string of the molecule is CCCCCCC#CCC[n+]1cccc([C@@H]2CCCN2C)c1.[Br-]. The highest BCUT2D eigenvalue weighted by Crippen LogP contribution is 2.29. The lowest BCUT2D eigenvalue weighted by molar-refractivity contribution is -0.696. The second-order valence-corrected chi connectivity index (χ2v) is 6.43. The zero-order chi connectivity index (χ0) is 15.6. The third-order valence-electron chi connectivity index (χ3n) is 4.56. The van der Waals surface area contributed by atoms with E-state index in [0.29, 0.717) is 6.04 Å². The Morgan fingerprint density at radius 2 is 2.04 bits per heavy atom. The summed E-state index contributed by atoms with van der Waals surface area (Å²) < 4.78 is 2.30. The fourth-order valence-electron chi connectivity index (χ4n) is 3.21. The molecule has 0 radical (unpaired) electrons. The monoisotopic (exact) mass is 378 g/mol. The number of unbranched alkanes of at least 4 members (excludes halogenated alkanes) is 4. The third-order valence-corrected chi connectivity index (χ3v) is 4.56. The van der Waals surface area contributed by atoms with E-state index in [-0.39, 0.29) is 17.0 Å². The highest BCUT2D eigenvalue weighted by atomic mass is 79.9. The minimum Gasteiger partial charge on any atom is -1.00 e. The van der Waals surface area contributed by atoms with Crippen LogP contribution in [0.3, 0.4) is 0 Å². The quantitative estimate of drug-likeness (QED) is 0.391. The van der Waals surface area contributed by atoms with E-state index in [0.717, 1.165) is 19.4 Å². The van der Waals surface area contributed by atoms with E-state index in [4.69, 9.17) is 0 Å². The maximum Gasteiger partial charge on any atom is 0.173 e. The Kier molecular flexibility index (Phi) is 10.2. The molecule has 0 aromatic carbocycles. The Morgan fingerprint density at radius 1 is 1.22 bits per heavy atom. The molecule has 0 amide bonds. The van der Waals surface area contributed by atoms with Crippen LogP contribution < -0.4 is 21.5 Å². The van der Waals surface area contributed by atoms with Gasteiger partial charge in [-0.2, -0.15) is 0 Å². The minimum absolute atomic E-state index is 0. The molecular weight excluding hydrogens is 348 g/mol. The summed E-state index contributed by atoms with van der Waals surface area (Å²) in [4.78, 5) is 2.47. The summed E-state index contributed by atoms with van der Waals surface area (Å²) in [5.41, 5.74) is 1.45. The van der Waals surface area contributed by atoms with Gasteiger partial charge in [0.2, 0.25) is 0 Å². The zero-order valence-corrected chi connectivity index (χ0v) is 16.3. The molecule has 2 nitrogen and oxygen atoms in total. The Balaban J connectivity index is 0.00000264. The molecule has 23 heavy (non-hydrogen) atoms. The van der Waals surface area contributed by atoms with Gasteiger partial charge in [0.05, 0.1) is 6.42 Å². The summed E-state index contributed by atoms with van der Waals surface area (Å²) in [6, 6.07) is 5.05. The molecule has 0 spiro atoms. The maximum absolute atomic E-state index is 3.33. The molecule has 128 valence electrons. The molecule has 1 saturated heterocycles. The van der Waals surface area contributed by atoms with Crippen molar-refractivity contribution >= 4 is 0 Å². The predicted octanol–water partition coefficient (Wildman–Crippen LogP) is 1.11. The van der Waals surface area contributed by atoms with Crippen LogP contribution in [0.5, 0.6) is 0 Å². The first-order chi connectivity index (χ1) is 10.8. The van der Waals surface area contributed by atoms with Gasteiger partial charge >= 0.3 is 0 Å². The van der Waals surface area contributed by atoms with Gasteiger partial charge in [0, 0.05) is 24.1 Å². The molecule has 0 unspecified atom stereocenters. The van der Waals surface area contributed by atoms with Crippen LogP contribution in [0.4, 0.5) is 0 Å². The van der Waals surface area contributed by atoms with Crippen molar-refractivity contribution in [3.05, 3.63) is 30.1 Å². The second-order valence-electron chi connectivity index (χ2n) is 6.43. The van der Waals surface area contributed by atoms with Crippen LogP contribution in [0.15, 0.2) is 24.5 Å². The van der Waals surface area contributed by atoms with Crippen molar-refractivity contribution in [2.75, 3.05) is 13.6 Å². The van der Waals surface area contributed by atoms with Gasteiger partial charge < -0.3 is 17.0 Å². The van der Waals surface area contributed by atoms with E-state index >= 15 is 0 Å². The highest BCUT2D eigenvalue weighted by molar-refractivity contribution is 5.12. The van der Waals surface area contributed by atoms with Gasteiger partial charge in [-0.1, -0.05) is 32.1 Å². The number of hydrogen-bond acceptors (Lipinski definition) is 1. The topological polar surface area (TPSA) is 7.12 Å². The number of halogens is 1. The van der Waals surface area contributed by atoms with Gasteiger partial charge in [-0.3, -0.25) is 4.90 Å². The van der Waals surface area contributed by atoms with E-state index in [1.54, 1.807) is 0 Å². The van der Waals surface area contributed by atoms with Gasteiger partial charge in [-0.05, 0) is 38.9 Å². The fourth-order valence-corrected chi connectivity index (χ4v) is 3.21. The van der Waals surface area contributed by atoms with E-state index < -0.39 is 0 Å². The van der Waals surface area contributed by atoms with Crippen molar-refractivity contribution < 1.29 is 21.5 Å². The van der Waals surface area contributed by atoms with E-state index in [1.165, 1.54) is 50.6 Å². The standard InChI is InChI=1S/C20H31N2.BrH/c1-3-4-5-6-7-8-9-10-16-22-17-11-13-19(18-22)20-14-12-15-21(20)2;/h11,13,17-18,20H,3-7,10,12,14-16H2,1-2H3;1H/q+1;/p-1/t20-;/m0./s1. The van der Waals surface area contributed by atoms with Crippen molar-refractivity contribution in [1.29, 1.82) is 0 Å². The molecule has 0 saturated carbocycles. The number of pyridine rings is 1. The van der Waals surface area contributed by atoms with Crippen molar-refractivity contribution in [3.8, 4) is 11.8 Å². The third kappa shape index (κ3) is 7.06. The van der Waals surface area contributed by atoms with Crippen LogP contribution in [0.1, 0.15) is 69.9 Å². The first-order valence-corrected chi connectivity index (χ1v) is 8.96. The number of nitrogens with zero attached hydrogens (tertiary/aromatic N) is 2. The van der Waals surface area contributed by atoms with Crippen LogP contribution >= 0.6 is 0 Å². The Labute approximate surface area is 153 Å². The van der Waals surface area contributed by atoms with Gasteiger partial charge in [0.15, 0.2) is 18.9 Å². The Morgan fingerprint density at radius 3 is 2.78 bits per heavy atom. The Hall–Kier alpha value is -0.850. The molecule has 1 aliphatic rings. The van der Waals surface area contributed by atoms with E-state index in [1.807, 2.05) is 0 Å². The van der Waals surface area contributed by atoms with Crippen LogP contribution in [0.2, 0.25) is 0 Å². The van der Waals surface area contributed by atoms with Crippen LogP contribution in [-0.4, -0.2) is 18.5 Å². The maximum atomic E-state index is 3.33. The van der Waals surface area contributed by atoms with Crippen molar-refractivity contribution in [2.24, 2.45) is 0 Å². The van der Waals surface area contributed by atoms with Gasteiger partial charge in [-0.15, -0.1) is 5.92 Å². The smallest absolute Gasteiger partial charge is 0.173 e. The lowest BCUT2D eigenvalue weighted by atomic mass is 10.1. The lowest BCUT2D eigenvalue weighted by Crippen LogP contribution is -3.00. The largest absolute Gasteiger partial charge is 1.00 e. The normalized spacial score (nSPS) is 17.4. The van der Waals surface area contributed by atoms with Gasteiger partial charge in [0.1, 0.15) is 0 Å². The molecule has 1 aromatic rings. The zero-order valence-electron chi connectivity index (χ0n) is 14.7. The molecule has 1 fully saturated rings. The van der Waals surface area contributed by atoms with Crippen molar-refractivity contribution in [1.82, 2.24) is 4.90 Å². The number of aromatic nitrogens is 1. The van der Waals surface area contributed by atoms with E-state index in [9.17, 15) is 0 Å². The molecular formula is C20H31BrN2. The average Bonchev–Trinajstić information content (AvgIpc) is 2.96. The van der Waals surface area contributed by atoms with Crippen molar-refractivity contribution in [3.63, 3.8) is 0 Å². The molecule has 0 aliphatic carbocycles. The highest BCUT2D eigenvalue weighted by Gasteiger charge is 2.24. The molecule has 0 N–H and O–H groups in total. The summed E-state index contributed by atoms with van der Waals surface area (Å²) in [5.74, 6) is 6.65. The minimum atomic E-state index is 0. The number of aryl methyl sites for hydroxylation is 1. The second kappa shape index (κ2) is 11.6. The molecule has 0 bridgehead atoms. The molecule has 3 heteroatoms. The fraction of sp³-hybridized carbons (Fsp3) is 0.650. The number of rotatable bonds is 7. The number of hydrogen-bond donors (Lipinski definition) is 0. The Bertz CT molecular complexity index is 504. The summed E-state index contributed by atoms with van der Waals surface area (Å²) in [7, 11) is 2.24. The van der Waals surface area contributed by atoms with Crippen LogP contribution in [0, 0.1) is 11.8 Å². The van der Waals surface area contributed by atoms with E-state index in [2.05, 4.69) is 59.8 Å². The van der Waals surface area contributed by atoms with Crippen LogP contribution in [-0.2, 0) is 6.54 Å². The summed E-state index contributed by atoms with van der Waals surface area (Å²) in [5, 5.41) is 0. The van der Waals surface area contributed by atoms with Crippen molar-refractivity contribution in [2.45, 2.75) is 70.9 Å². The average molecular weight is 379 g/mol. The lowest BCUT2D eigenvalue weighted by Gasteiger charge is -2.18. The molecule has 2 rings (SSSR count). The first-order valence-electron chi connectivity index (χ1n) is 8.96. The predicted molar refractivity (Wildman–Crippen MR) is 92.4 cm³/mol. The van der Waals surface area contributed by atoms with Crippen LogP contribution in [0.25, 0.3) is 0 Å². The first kappa shape index (κ1) is 20.2. The summed E-state index contributed by atoms with van der Waals surface area (Å²) >= 11 is 0. The van der Waals surface area contributed by atoms with Gasteiger partial charge in [-0.25, -0.2) is 4.57 Å². The molecule has 1 atom stereocenters. The summed E-state index contributed by atoms with van der Waals surface area (Å²) in [6.07, 6.45) is 14.4. The summed E-state index contributed by atoms with van der Waals surface area (Å²) in [6.45, 7) is 4.48. The molecule has 2 heterocycles.